The summed E-state index contributed by atoms with van der Waals surface area (Å²) in [6, 6.07) is 15.6. The minimum Gasteiger partial charge on any atom is -0.378 e. The molecule has 0 aromatic heterocycles. The Morgan fingerprint density at radius 3 is 2.46 bits per heavy atom. The molecule has 1 N–H and O–H groups in total. The van der Waals surface area contributed by atoms with E-state index in [2.05, 4.69) is 10.2 Å². The zero-order valence-corrected chi connectivity index (χ0v) is 15.9. The molecule has 2 aromatic rings. The Labute approximate surface area is 165 Å². The summed E-state index contributed by atoms with van der Waals surface area (Å²) >= 11 is 0. The van der Waals surface area contributed by atoms with Gasteiger partial charge >= 0.3 is 0 Å². The topological polar surface area (TPSA) is 61.9 Å². The summed E-state index contributed by atoms with van der Waals surface area (Å²) in [5.74, 6) is 0.121. The number of benzene rings is 2. The lowest BCUT2D eigenvalue weighted by Gasteiger charge is -2.30. The van der Waals surface area contributed by atoms with Crippen molar-refractivity contribution in [2.24, 2.45) is 0 Å². The fourth-order valence-electron chi connectivity index (χ4n) is 3.75. The highest BCUT2D eigenvalue weighted by Gasteiger charge is 2.21. The monoisotopic (exact) mass is 379 g/mol. The molecule has 2 fully saturated rings. The predicted molar refractivity (Wildman–Crippen MR) is 110 cm³/mol. The molecule has 2 aliphatic heterocycles. The first-order chi connectivity index (χ1) is 13.7. The third kappa shape index (κ3) is 4.17. The lowest BCUT2D eigenvalue weighted by Crippen LogP contribution is -2.36. The standard InChI is InChI=1S/C22H25N3O3/c26-21(16-17-7-9-18(10-8-17)25-11-3-6-22(25)27)23-19-4-1-2-5-20(19)24-12-14-28-15-13-24/h1-2,4-5,7-10H,3,6,11-16H2,(H,23,26). The molecule has 2 amide bonds. The van der Waals surface area contributed by atoms with Crippen molar-refractivity contribution in [3.8, 4) is 0 Å². The maximum Gasteiger partial charge on any atom is 0.228 e. The summed E-state index contributed by atoms with van der Waals surface area (Å²) in [6.45, 7) is 3.83. The van der Waals surface area contributed by atoms with Gasteiger partial charge in [0.05, 0.1) is 31.0 Å². The van der Waals surface area contributed by atoms with E-state index in [4.69, 9.17) is 4.74 Å². The van der Waals surface area contributed by atoms with Crippen molar-refractivity contribution in [3.63, 3.8) is 0 Å². The summed E-state index contributed by atoms with van der Waals surface area (Å²) < 4.78 is 5.42. The molecule has 6 heteroatoms. The van der Waals surface area contributed by atoms with E-state index in [1.54, 1.807) is 0 Å². The van der Waals surface area contributed by atoms with Gasteiger partial charge in [-0.3, -0.25) is 9.59 Å². The number of nitrogens with zero attached hydrogens (tertiary/aromatic N) is 2. The average molecular weight is 379 g/mol. The molecule has 0 bridgehead atoms. The van der Waals surface area contributed by atoms with E-state index < -0.39 is 0 Å². The highest BCUT2D eigenvalue weighted by atomic mass is 16.5. The van der Waals surface area contributed by atoms with Crippen LogP contribution in [0.4, 0.5) is 17.1 Å². The van der Waals surface area contributed by atoms with Crippen LogP contribution in [0.25, 0.3) is 0 Å². The van der Waals surface area contributed by atoms with Gasteiger partial charge < -0.3 is 19.9 Å². The van der Waals surface area contributed by atoms with Gasteiger partial charge in [-0.15, -0.1) is 0 Å². The summed E-state index contributed by atoms with van der Waals surface area (Å²) in [7, 11) is 0. The smallest absolute Gasteiger partial charge is 0.228 e. The molecule has 2 saturated heterocycles. The van der Waals surface area contributed by atoms with Gasteiger partial charge in [0, 0.05) is 31.7 Å². The van der Waals surface area contributed by atoms with Crippen molar-refractivity contribution in [1.29, 1.82) is 0 Å². The van der Waals surface area contributed by atoms with Gasteiger partial charge in [0.2, 0.25) is 11.8 Å². The highest BCUT2D eigenvalue weighted by molar-refractivity contribution is 5.96. The molecule has 0 saturated carbocycles. The maximum atomic E-state index is 12.6. The van der Waals surface area contributed by atoms with Crippen LogP contribution in [0.2, 0.25) is 0 Å². The highest BCUT2D eigenvalue weighted by Crippen LogP contribution is 2.27. The first-order valence-electron chi connectivity index (χ1n) is 9.81. The Morgan fingerprint density at radius 1 is 1.00 bits per heavy atom. The molecule has 28 heavy (non-hydrogen) atoms. The van der Waals surface area contributed by atoms with Crippen molar-refractivity contribution in [2.75, 3.05) is 48.0 Å². The maximum absolute atomic E-state index is 12.6. The van der Waals surface area contributed by atoms with Crippen molar-refractivity contribution in [3.05, 3.63) is 54.1 Å². The summed E-state index contributed by atoms with van der Waals surface area (Å²) in [5.41, 5.74) is 3.69. The normalized spacial score (nSPS) is 17.1. The van der Waals surface area contributed by atoms with E-state index in [0.29, 0.717) is 26.1 Å². The number of rotatable bonds is 5. The van der Waals surface area contributed by atoms with Crippen LogP contribution in [0.1, 0.15) is 18.4 Å². The van der Waals surface area contributed by atoms with E-state index in [9.17, 15) is 9.59 Å². The minimum absolute atomic E-state index is 0.0503. The number of anilines is 3. The quantitative estimate of drug-likeness (QED) is 0.868. The van der Waals surface area contributed by atoms with Crippen molar-refractivity contribution >= 4 is 28.9 Å². The number of carbonyl (C=O) groups is 2. The largest absolute Gasteiger partial charge is 0.378 e. The van der Waals surface area contributed by atoms with Crippen LogP contribution >= 0.6 is 0 Å². The number of carbonyl (C=O) groups excluding carboxylic acids is 2. The molecule has 2 aromatic carbocycles. The van der Waals surface area contributed by atoms with Crippen LogP contribution in [0, 0.1) is 0 Å². The molecule has 2 heterocycles. The number of hydrogen-bond acceptors (Lipinski definition) is 4. The van der Waals surface area contributed by atoms with Crippen molar-refractivity contribution in [1.82, 2.24) is 0 Å². The van der Waals surface area contributed by atoms with Gasteiger partial charge in [0.1, 0.15) is 0 Å². The van der Waals surface area contributed by atoms with Gasteiger partial charge in [-0.1, -0.05) is 24.3 Å². The zero-order valence-electron chi connectivity index (χ0n) is 15.9. The first-order valence-corrected chi connectivity index (χ1v) is 9.81. The third-order valence-electron chi connectivity index (χ3n) is 5.22. The van der Waals surface area contributed by atoms with Gasteiger partial charge in [0.25, 0.3) is 0 Å². The molecule has 146 valence electrons. The summed E-state index contributed by atoms with van der Waals surface area (Å²) in [4.78, 5) is 28.5. The minimum atomic E-state index is -0.0503. The van der Waals surface area contributed by atoms with E-state index >= 15 is 0 Å². The molecule has 4 rings (SSSR count). The third-order valence-corrected chi connectivity index (χ3v) is 5.22. The summed E-state index contributed by atoms with van der Waals surface area (Å²) in [6.07, 6.45) is 1.82. The molecule has 0 unspecified atom stereocenters. The van der Waals surface area contributed by atoms with Gasteiger partial charge in [-0.25, -0.2) is 0 Å². The number of hydrogen-bond donors (Lipinski definition) is 1. The molecule has 6 nitrogen and oxygen atoms in total. The fraction of sp³-hybridized carbons (Fsp3) is 0.364. The van der Waals surface area contributed by atoms with Gasteiger partial charge in [0.15, 0.2) is 0 Å². The molecular weight excluding hydrogens is 354 g/mol. The Morgan fingerprint density at radius 2 is 1.75 bits per heavy atom. The van der Waals surface area contributed by atoms with Crippen LogP contribution in [0.15, 0.2) is 48.5 Å². The number of nitrogens with one attached hydrogen (secondary N) is 1. The van der Waals surface area contributed by atoms with Gasteiger partial charge in [-0.2, -0.15) is 0 Å². The lowest BCUT2D eigenvalue weighted by atomic mass is 10.1. The second-order valence-electron chi connectivity index (χ2n) is 7.16. The SMILES string of the molecule is O=C(Cc1ccc(N2CCCC2=O)cc1)Nc1ccccc1N1CCOCC1. The molecule has 0 aliphatic carbocycles. The van der Waals surface area contributed by atoms with Crippen molar-refractivity contribution in [2.45, 2.75) is 19.3 Å². The Kier molecular flexibility index (Phi) is 5.58. The Bertz CT molecular complexity index is 844. The van der Waals surface area contributed by atoms with E-state index in [1.165, 1.54) is 0 Å². The van der Waals surface area contributed by atoms with Gasteiger partial charge in [-0.05, 0) is 36.2 Å². The second-order valence-corrected chi connectivity index (χ2v) is 7.16. The zero-order chi connectivity index (χ0) is 19.3. The second kappa shape index (κ2) is 8.44. The lowest BCUT2D eigenvalue weighted by molar-refractivity contribution is -0.117. The first kappa shape index (κ1) is 18.5. The Hall–Kier alpha value is -2.86. The molecule has 0 radical (unpaired) electrons. The fourth-order valence-corrected chi connectivity index (χ4v) is 3.75. The number of para-hydroxylation sites is 2. The molecule has 0 spiro atoms. The van der Waals surface area contributed by atoms with Crippen molar-refractivity contribution < 1.29 is 14.3 Å². The number of ether oxygens (including phenoxy) is 1. The van der Waals surface area contributed by atoms with E-state index in [-0.39, 0.29) is 11.8 Å². The van der Waals surface area contributed by atoms with Crippen LogP contribution in [0.3, 0.4) is 0 Å². The van der Waals surface area contributed by atoms with Crippen LogP contribution < -0.4 is 15.1 Å². The van der Waals surface area contributed by atoms with Crippen LogP contribution in [0.5, 0.6) is 0 Å². The average Bonchev–Trinajstić information content (AvgIpc) is 3.15. The molecule has 0 atom stereocenters. The van der Waals surface area contributed by atoms with E-state index in [1.807, 2.05) is 53.4 Å². The van der Waals surface area contributed by atoms with E-state index in [0.717, 1.165) is 48.7 Å². The number of amides is 2. The number of morpholine rings is 1. The summed E-state index contributed by atoms with van der Waals surface area (Å²) in [5, 5.41) is 3.05. The molecular formula is C22H25N3O3. The molecule has 2 aliphatic rings. The predicted octanol–water partition coefficient (Wildman–Crippen LogP) is 2.83. The van der Waals surface area contributed by atoms with Crippen LogP contribution in [-0.4, -0.2) is 44.7 Å². The Balaban J connectivity index is 1.40. The van der Waals surface area contributed by atoms with Crippen LogP contribution in [-0.2, 0) is 20.7 Å².